The summed E-state index contributed by atoms with van der Waals surface area (Å²) in [6, 6.07) is 5.56. The second-order valence-electron chi connectivity index (χ2n) is 4.23. The van der Waals surface area contributed by atoms with E-state index in [4.69, 9.17) is 15.2 Å². The van der Waals surface area contributed by atoms with Gasteiger partial charge in [-0.25, -0.2) is 4.68 Å². The molecule has 0 amide bonds. The van der Waals surface area contributed by atoms with Gasteiger partial charge in [-0.15, -0.1) is 5.10 Å². The SMILES string of the molecule is CCOc1c(N)cccc1-c1nnnn1CCCOC. The summed E-state index contributed by atoms with van der Waals surface area (Å²) >= 11 is 0. The molecule has 0 spiro atoms. The Kier molecular flexibility index (Phi) is 4.89. The predicted octanol–water partition coefficient (Wildman–Crippen LogP) is 1.36. The highest BCUT2D eigenvalue weighted by molar-refractivity contribution is 5.73. The predicted molar refractivity (Wildman–Crippen MR) is 75.3 cm³/mol. The van der Waals surface area contributed by atoms with Crippen LogP contribution in [0.2, 0.25) is 0 Å². The average molecular weight is 277 g/mol. The molecule has 1 aromatic carbocycles. The molecule has 7 heteroatoms. The summed E-state index contributed by atoms with van der Waals surface area (Å²) in [5, 5.41) is 11.8. The molecule has 2 rings (SSSR count). The summed E-state index contributed by atoms with van der Waals surface area (Å²) in [6.45, 7) is 3.79. The molecule has 2 N–H and O–H groups in total. The van der Waals surface area contributed by atoms with Crippen LogP contribution in [0, 0.1) is 0 Å². The van der Waals surface area contributed by atoms with Crippen molar-refractivity contribution in [2.75, 3.05) is 26.1 Å². The van der Waals surface area contributed by atoms with Crippen LogP contribution in [0.1, 0.15) is 13.3 Å². The van der Waals surface area contributed by atoms with E-state index in [9.17, 15) is 0 Å². The minimum Gasteiger partial charge on any atom is -0.491 e. The first-order valence-electron chi connectivity index (χ1n) is 6.54. The molecule has 2 aromatic rings. The first-order valence-corrected chi connectivity index (χ1v) is 6.54. The smallest absolute Gasteiger partial charge is 0.185 e. The Morgan fingerprint density at radius 3 is 2.95 bits per heavy atom. The van der Waals surface area contributed by atoms with Crippen molar-refractivity contribution in [3.8, 4) is 17.1 Å². The molecule has 20 heavy (non-hydrogen) atoms. The summed E-state index contributed by atoms with van der Waals surface area (Å²) in [4.78, 5) is 0. The maximum absolute atomic E-state index is 5.96. The van der Waals surface area contributed by atoms with Gasteiger partial charge in [0.15, 0.2) is 11.6 Å². The zero-order chi connectivity index (χ0) is 14.4. The number of ether oxygens (including phenoxy) is 2. The molecule has 0 aliphatic heterocycles. The Hall–Kier alpha value is -2.15. The van der Waals surface area contributed by atoms with E-state index in [1.807, 2.05) is 19.1 Å². The fraction of sp³-hybridized carbons (Fsp3) is 0.462. The lowest BCUT2D eigenvalue weighted by molar-refractivity contribution is 0.189. The van der Waals surface area contributed by atoms with Gasteiger partial charge < -0.3 is 15.2 Å². The molecule has 0 unspecified atom stereocenters. The summed E-state index contributed by atoms with van der Waals surface area (Å²) in [5.41, 5.74) is 7.34. The van der Waals surface area contributed by atoms with Crippen molar-refractivity contribution in [3.63, 3.8) is 0 Å². The van der Waals surface area contributed by atoms with Crippen LogP contribution in [0.15, 0.2) is 18.2 Å². The number of para-hydroxylation sites is 1. The summed E-state index contributed by atoms with van der Waals surface area (Å²) in [5.74, 6) is 1.27. The first kappa shape index (κ1) is 14.3. The normalized spacial score (nSPS) is 10.7. The van der Waals surface area contributed by atoms with E-state index < -0.39 is 0 Å². The monoisotopic (exact) mass is 277 g/mol. The molecule has 108 valence electrons. The number of nitrogens with two attached hydrogens (primary N) is 1. The zero-order valence-electron chi connectivity index (χ0n) is 11.7. The van der Waals surface area contributed by atoms with E-state index in [2.05, 4.69) is 15.5 Å². The van der Waals surface area contributed by atoms with E-state index in [1.54, 1.807) is 17.9 Å². The average Bonchev–Trinajstić information content (AvgIpc) is 2.90. The highest BCUT2D eigenvalue weighted by Gasteiger charge is 2.16. The fourth-order valence-electron chi connectivity index (χ4n) is 1.94. The lowest BCUT2D eigenvalue weighted by atomic mass is 10.1. The molecule has 0 aliphatic rings. The molecule has 1 heterocycles. The van der Waals surface area contributed by atoms with Crippen LogP contribution >= 0.6 is 0 Å². The minimum absolute atomic E-state index is 0.534. The molecule has 7 nitrogen and oxygen atoms in total. The lowest BCUT2D eigenvalue weighted by Crippen LogP contribution is -2.07. The van der Waals surface area contributed by atoms with Gasteiger partial charge >= 0.3 is 0 Å². The van der Waals surface area contributed by atoms with Crippen LogP contribution in [-0.2, 0) is 11.3 Å². The van der Waals surface area contributed by atoms with E-state index >= 15 is 0 Å². The number of methoxy groups -OCH3 is 1. The number of hydrogen-bond acceptors (Lipinski definition) is 6. The van der Waals surface area contributed by atoms with Crippen LogP contribution in [0.5, 0.6) is 5.75 Å². The van der Waals surface area contributed by atoms with Gasteiger partial charge in [-0.2, -0.15) is 0 Å². The third kappa shape index (κ3) is 3.05. The zero-order valence-corrected chi connectivity index (χ0v) is 11.7. The Balaban J connectivity index is 2.32. The lowest BCUT2D eigenvalue weighted by Gasteiger charge is -2.12. The van der Waals surface area contributed by atoms with Crippen LogP contribution < -0.4 is 10.5 Å². The van der Waals surface area contributed by atoms with E-state index in [1.165, 1.54) is 0 Å². The molecule has 0 radical (unpaired) electrons. The molecular weight excluding hydrogens is 258 g/mol. The number of aryl methyl sites for hydroxylation is 1. The van der Waals surface area contributed by atoms with Crippen molar-refractivity contribution in [1.29, 1.82) is 0 Å². The number of nitrogens with zero attached hydrogens (tertiary/aromatic N) is 4. The number of benzene rings is 1. The Bertz CT molecular complexity index is 555. The van der Waals surface area contributed by atoms with Gasteiger partial charge in [-0.05, 0) is 35.9 Å². The third-order valence-corrected chi connectivity index (χ3v) is 2.83. The Morgan fingerprint density at radius 1 is 1.35 bits per heavy atom. The summed E-state index contributed by atoms with van der Waals surface area (Å²) in [6.07, 6.45) is 0.834. The highest BCUT2D eigenvalue weighted by Crippen LogP contribution is 2.33. The number of anilines is 1. The molecular formula is C13H19N5O2. The van der Waals surface area contributed by atoms with Crippen LogP contribution in [-0.4, -0.2) is 40.5 Å². The van der Waals surface area contributed by atoms with Gasteiger partial charge in [0.25, 0.3) is 0 Å². The Morgan fingerprint density at radius 2 is 2.20 bits per heavy atom. The van der Waals surface area contributed by atoms with Crippen molar-refractivity contribution >= 4 is 5.69 Å². The second-order valence-corrected chi connectivity index (χ2v) is 4.23. The first-order chi connectivity index (χ1) is 9.77. The molecule has 0 atom stereocenters. The van der Waals surface area contributed by atoms with Crippen molar-refractivity contribution in [3.05, 3.63) is 18.2 Å². The molecule has 0 fully saturated rings. The van der Waals surface area contributed by atoms with E-state index in [0.717, 1.165) is 12.0 Å². The van der Waals surface area contributed by atoms with E-state index in [-0.39, 0.29) is 0 Å². The van der Waals surface area contributed by atoms with Gasteiger partial charge in [0.05, 0.1) is 17.9 Å². The Labute approximate surface area is 117 Å². The quantitative estimate of drug-likeness (QED) is 0.607. The number of aromatic nitrogens is 4. The molecule has 0 bridgehead atoms. The van der Waals surface area contributed by atoms with Gasteiger partial charge in [0, 0.05) is 20.3 Å². The van der Waals surface area contributed by atoms with E-state index in [0.29, 0.717) is 37.0 Å². The maximum Gasteiger partial charge on any atom is 0.185 e. The van der Waals surface area contributed by atoms with Crippen molar-refractivity contribution in [1.82, 2.24) is 20.2 Å². The minimum atomic E-state index is 0.534. The van der Waals surface area contributed by atoms with Gasteiger partial charge in [-0.1, -0.05) is 6.07 Å². The van der Waals surface area contributed by atoms with Crippen molar-refractivity contribution in [2.24, 2.45) is 0 Å². The summed E-state index contributed by atoms with van der Waals surface area (Å²) < 4.78 is 12.4. The maximum atomic E-state index is 5.96. The topological polar surface area (TPSA) is 88.1 Å². The van der Waals surface area contributed by atoms with Crippen molar-refractivity contribution < 1.29 is 9.47 Å². The standard InChI is InChI=1S/C13H19N5O2/c1-3-20-12-10(6-4-7-11(12)14)13-15-16-17-18(13)8-5-9-19-2/h4,6-7H,3,5,8-9,14H2,1-2H3. The number of hydrogen-bond donors (Lipinski definition) is 1. The third-order valence-electron chi connectivity index (χ3n) is 2.83. The van der Waals surface area contributed by atoms with Crippen molar-refractivity contribution in [2.45, 2.75) is 19.9 Å². The van der Waals surface area contributed by atoms with Crippen LogP contribution in [0.3, 0.4) is 0 Å². The number of rotatable bonds is 7. The fourth-order valence-corrected chi connectivity index (χ4v) is 1.94. The number of tetrazole rings is 1. The van der Waals surface area contributed by atoms with Gasteiger partial charge in [-0.3, -0.25) is 0 Å². The summed E-state index contributed by atoms with van der Waals surface area (Å²) in [7, 11) is 1.67. The molecule has 0 aliphatic carbocycles. The van der Waals surface area contributed by atoms with Gasteiger partial charge in [0.1, 0.15) is 0 Å². The molecule has 0 saturated carbocycles. The van der Waals surface area contributed by atoms with Gasteiger partial charge in [0.2, 0.25) is 0 Å². The molecule has 0 saturated heterocycles. The van der Waals surface area contributed by atoms with Crippen LogP contribution in [0.25, 0.3) is 11.4 Å². The second kappa shape index (κ2) is 6.85. The number of nitrogen functional groups attached to an aromatic ring is 1. The highest BCUT2D eigenvalue weighted by atomic mass is 16.5. The largest absolute Gasteiger partial charge is 0.491 e. The molecule has 1 aromatic heterocycles. The van der Waals surface area contributed by atoms with Crippen LogP contribution in [0.4, 0.5) is 5.69 Å².